The zero-order valence-electron chi connectivity index (χ0n) is 55.8. The lowest BCUT2D eigenvalue weighted by molar-refractivity contribution is -0.161. The van der Waals surface area contributed by atoms with Gasteiger partial charge in [-0.25, -0.2) is 0 Å². The van der Waals surface area contributed by atoms with Crippen molar-refractivity contribution >= 4 is 11.9 Å². The fraction of sp³-hybridized carbons (Fsp3) is 0.630. The molecule has 0 aliphatic carbocycles. The molecule has 0 amide bonds. The highest BCUT2D eigenvalue weighted by Crippen LogP contribution is 2.17. The summed E-state index contributed by atoms with van der Waals surface area (Å²) in [4.78, 5) is 24.6. The van der Waals surface area contributed by atoms with Crippen LogP contribution >= 0.6 is 0 Å². The highest BCUT2D eigenvalue weighted by Gasteiger charge is 2.16. The Balaban J connectivity index is 3.60. The van der Waals surface area contributed by atoms with Crippen molar-refractivity contribution in [3.63, 3.8) is 0 Å². The molecule has 0 aliphatic heterocycles. The largest absolute Gasteiger partial charge is 0.462 e. The smallest absolute Gasteiger partial charge is 0.306 e. The van der Waals surface area contributed by atoms with E-state index in [4.69, 9.17) is 9.47 Å². The molecule has 86 heavy (non-hydrogen) atoms. The number of ether oxygens (including phenoxy) is 2. The van der Waals surface area contributed by atoms with Crippen LogP contribution in [-0.4, -0.2) is 36.4 Å². The second-order valence-corrected chi connectivity index (χ2v) is 23.2. The van der Waals surface area contributed by atoms with Gasteiger partial charge in [0.2, 0.25) is 0 Å². The molecule has 0 fully saturated rings. The molecule has 1 atom stereocenters. The van der Waals surface area contributed by atoms with Gasteiger partial charge in [0.05, 0.1) is 6.61 Å². The normalized spacial score (nSPS) is 13.3. The summed E-state index contributed by atoms with van der Waals surface area (Å²) >= 11 is 0. The first-order chi connectivity index (χ1) is 42.6. The first-order valence-electron chi connectivity index (χ1n) is 35.7. The molecule has 0 radical (unpaired) electrons. The molecule has 0 aliphatic rings. The van der Waals surface area contributed by atoms with E-state index in [0.29, 0.717) is 19.3 Å². The second-order valence-electron chi connectivity index (χ2n) is 23.2. The van der Waals surface area contributed by atoms with Crippen LogP contribution in [0, 0.1) is 0 Å². The lowest BCUT2D eigenvalue weighted by Gasteiger charge is -2.15. The van der Waals surface area contributed by atoms with Crippen LogP contribution in [0.4, 0.5) is 0 Å². The summed E-state index contributed by atoms with van der Waals surface area (Å²) < 4.78 is 10.7. The van der Waals surface area contributed by atoms with Crippen molar-refractivity contribution < 1.29 is 24.2 Å². The number of carbonyl (C=O) groups excluding carboxylic acids is 2. The first-order valence-corrected chi connectivity index (χ1v) is 35.7. The Morgan fingerprint density at radius 1 is 0.279 bits per heavy atom. The van der Waals surface area contributed by atoms with Crippen LogP contribution in [0.15, 0.2) is 170 Å². The maximum atomic E-state index is 12.3. The average molecular weight is 1190 g/mol. The van der Waals surface area contributed by atoms with Crippen LogP contribution < -0.4 is 0 Å². The van der Waals surface area contributed by atoms with Gasteiger partial charge in [-0.1, -0.05) is 332 Å². The van der Waals surface area contributed by atoms with Crippen molar-refractivity contribution in [3.8, 4) is 0 Å². The van der Waals surface area contributed by atoms with Crippen LogP contribution in [0.5, 0.6) is 0 Å². The van der Waals surface area contributed by atoms with Gasteiger partial charge in [-0.05, 0) is 135 Å². The third-order valence-electron chi connectivity index (χ3n) is 15.0. The Bertz CT molecular complexity index is 1870. The number of carbonyl (C=O) groups is 2. The van der Waals surface area contributed by atoms with E-state index in [2.05, 4.69) is 184 Å². The molecule has 1 N–H and O–H groups in total. The van der Waals surface area contributed by atoms with E-state index in [-0.39, 0.29) is 25.2 Å². The van der Waals surface area contributed by atoms with E-state index in [9.17, 15) is 14.7 Å². The van der Waals surface area contributed by atoms with E-state index >= 15 is 0 Å². The topological polar surface area (TPSA) is 72.8 Å². The van der Waals surface area contributed by atoms with Crippen molar-refractivity contribution in [1.82, 2.24) is 0 Å². The van der Waals surface area contributed by atoms with Gasteiger partial charge in [0, 0.05) is 12.8 Å². The predicted molar refractivity (Wildman–Crippen MR) is 380 cm³/mol. The van der Waals surface area contributed by atoms with Crippen LogP contribution in [0.1, 0.15) is 309 Å². The Hall–Kier alpha value is -4.74. The minimum atomic E-state index is -0.808. The highest BCUT2D eigenvalue weighted by molar-refractivity contribution is 5.70. The molecule has 0 heterocycles. The fourth-order valence-corrected chi connectivity index (χ4v) is 9.69. The Morgan fingerprint density at radius 2 is 0.500 bits per heavy atom. The van der Waals surface area contributed by atoms with Gasteiger partial charge in [0.25, 0.3) is 0 Å². The second kappa shape index (κ2) is 74.5. The van der Waals surface area contributed by atoms with Gasteiger partial charge in [-0.2, -0.15) is 0 Å². The number of allylic oxidation sites excluding steroid dienone is 28. The summed E-state index contributed by atoms with van der Waals surface area (Å²) in [6, 6.07) is 0. The number of aliphatic hydroxyl groups excluding tert-OH is 1. The molecule has 0 aromatic carbocycles. The number of hydrogen-bond donors (Lipinski definition) is 1. The maximum Gasteiger partial charge on any atom is 0.306 e. The highest BCUT2D eigenvalue weighted by atomic mass is 16.6. The molecule has 0 saturated carbocycles. The number of esters is 2. The van der Waals surface area contributed by atoms with Crippen molar-refractivity contribution in [3.05, 3.63) is 170 Å². The zero-order valence-corrected chi connectivity index (χ0v) is 55.8. The monoisotopic (exact) mass is 1190 g/mol. The van der Waals surface area contributed by atoms with E-state index in [1.54, 1.807) is 0 Å². The third kappa shape index (κ3) is 71.7. The molecule has 1 unspecified atom stereocenters. The standard InChI is InChI=1S/C81H132O5/c1-3-5-7-9-11-13-15-17-19-21-23-25-27-29-31-33-35-37-38-39-40-41-42-44-46-48-50-52-54-56-58-60-62-64-66-68-70-72-74-76-81(84)86-79(77-82)78-85-80(83)75-73-71-69-67-65-63-61-59-57-55-53-51-49-47-45-43-36-34-32-30-28-26-24-22-20-18-16-14-12-10-8-6-4-2/h5,7,11,13,16-19,22-25,29,31,35,37,39-40,42,44,48,50,54,56,60,62,66,68,79,82H,3-4,6,8-10,12,14-15,20-21,26-28,30,32-34,36,38,41,43,45-47,49,51-53,55,57-59,61,63-65,67,69-78H2,1-2H3/b7-5-,13-11-,18-16-,19-17-,24-22-,25-23-,31-29-,37-35-,40-39-,44-42-,50-48-,56-54-,62-60-,68-66-. The quantitative estimate of drug-likeness (QED) is 0.0373. The number of hydrogen-bond acceptors (Lipinski definition) is 5. The van der Waals surface area contributed by atoms with Crippen LogP contribution in [0.2, 0.25) is 0 Å². The number of rotatable bonds is 64. The van der Waals surface area contributed by atoms with Crippen LogP contribution in [0.25, 0.3) is 0 Å². The van der Waals surface area contributed by atoms with E-state index < -0.39 is 6.10 Å². The van der Waals surface area contributed by atoms with Crippen molar-refractivity contribution in [2.45, 2.75) is 315 Å². The molecule has 0 bridgehead atoms. The summed E-state index contributed by atoms with van der Waals surface area (Å²) in [5.74, 6) is -0.643. The molecule has 486 valence electrons. The van der Waals surface area contributed by atoms with E-state index in [0.717, 1.165) is 116 Å². The number of unbranched alkanes of at least 4 members (excludes halogenated alkanes) is 28. The molecular formula is C81H132O5. The minimum absolute atomic E-state index is 0.0913. The van der Waals surface area contributed by atoms with Crippen molar-refractivity contribution in [1.29, 1.82) is 0 Å². The van der Waals surface area contributed by atoms with Gasteiger partial charge in [0.15, 0.2) is 6.10 Å². The fourth-order valence-electron chi connectivity index (χ4n) is 9.69. The lowest BCUT2D eigenvalue weighted by Crippen LogP contribution is -2.28. The Morgan fingerprint density at radius 3 is 0.779 bits per heavy atom. The molecule has 0 aromatic heterocycles. The molecular weight excluding hydrogens is 1050 g/mol. The molecule has 5 nitrogen and oxygen atoms in total. The van der Waals surface area contributed by atoms with Crippen molar-refractivity contribution in [2.24, 2.45) is 0 Å². The Kier molecular flexibility index (Phi) is 70.4. The molecule has 0 saturated heterocycles. The van der Waals surface area contributed by atoms with E-state index in [1.807, 2.05) is 0 Å². The Labute approximate surface area is 532 Å². The number of aliphatic hydroxyl groups is 1. The van der Waals surface area contributed by atoms with Gasteiger partial charge in [-0.15, -0.1) is 0 Å². The van der Waals surface area contributed by atoms with Crippen LogP contribution in [0.3, 0.4) is 0 Å². The molecule has 0 spiro atoms. The minimum Gasteiger partial charge on any atom is -0.462 e. The van der Waals surface area contributed by atoms with Crippen molar-refractivity contribution in [2.75, 3.05) is 13.2 Å². The summed E-state index contributed by atoms with van der Waals surface area (Å²) in [5, 5.41) is 9.70. The summed E-state index contributed by atoms with van der Waals surface area (Å²) in [6.07, 6.45) is 115. The average Bonchev–Trinajstić information content (AvgIpc) is 3.55. The van der Waals surface area contributed by atoms with Gasteiger partial charge in [0.1, 0.15) is 6.61 Å². The third-order valence-corrected chi connectivity index (χ3v) is 15.0. The first kappa shape index (κ1) is 81.3. The summed E-state index contributed by atoms with van der Waals surface area (Å²) in [7, 11) is 0. The van der Waals surface area contributed by atoms with Gasteiger partial charge >= 0.3 is 11.9 Å². The van der Waals surface area contributed by atoms with Crippen LogP contribution in [-0.2, 0) is 19.1 Å². The molecule has 0 rings (SSSR count). The van der Waals surface area contributed by atoms with Gasteiger partial charge in [-0.3, -0.25) is 9.59 Å². The zero-order chi connectivity index (χ0) is 61.9. The predicted octanol–water partition coefficient (Wildman–Crippen LogP) is 25.2. The molecule has 5 heteroatoms. The molecule has 0 aromatic rings. The van der Waals surface area contributed by atoms with E-state index in [1.165, 1.54) is 161 Å². The lowest BCUT2D eigenvalue weighted by atomic mass is 10.0. The van der Waals surface area contributed by atoms with Gasteiger partial charge < -0.3 is 14.6 Å². The SMILES string of the molecule is CC/C=C\C/C=C\C/C=C\C/C=C\C/C=C\C/C=C\C/C=C\C/C=C\C/C=C\C/C=C\C/C=C\C/C=C\CCCCC(=O)OC(CO)COC(=O)CCCCCCCCCCCCCCCCCCCCCCC/C=C\C/C=C\CCCCCCC. The summed E-state index contributed by atoms with van der Waals surface area (Å²) in [5.41, 5.74) is 0. The maximum absolute atomic E-state index is 12.3. The summed E-state index contributed by atoms with van der Waals surface area (Å²) in [6.45, 7) is 4.00.